The number of aromatic nitrogens is 2. The standard InChI is InChI=1S/C15H16ClF2N3/c1-21-6-4-11(5-7-21)15(17,18)13-3-2-10-9-19-14(16)8-12(10)20-13/h2-3,8-9,11H,4-7H2,1H3. The lowest BCUT2D eigenvalue weighted by Crippen LogP contribution is -2.38. The second kappa shape index (κ2) is 5.46. The molecular weight excluding hydrogens is 296 g/mol. The number of piperidine rings is 1. The Labute approximate surface area is 126 Å². The third kappa shape index (κ3) is 2.85. The predicted molar refractivity (Wildman–Crippen MR) is 78.7 cm³/mol. The van der Waals surface area contributed by atoms with Crippen LogP contribution in [0, 0.1) is 5.92 Å². The highest BCUT2D eigenvalue weighted by molar-refractivity contribution is 6.29. The van der Waals surface area contributed by atoms with Crippen molar-refractivity contribution in [3.8, 4) is 0 Å². The predicted octanol–water partition coefficient (Wildman–Crippen LogP) is 3.72. The fourth-order valence-electron chi connectivity index (χ4n) is 2.76. The van der Waals surface area contributed by atoms with Crippen LogP contribution in [0.3, 0.4) is 0 Å². The van der Waals surface area contributed by atoms with Crippen molar-refractivity contribution in [2.75, 3.05) is 20.1 Å². The number of nitrogens with zero attached hydrogens (tertiary/aromatic N) is 3. The van der Waals surface area contributed by atoms with E-state index in [0.29, 0.717) is 36.8 Å². The molecular formula is C15H16ClF2N3. The second-order valence-electron chi connectivity index (χ2n) is 5.60. The number of pyridine rings is 2. The SMILES string of the molecule is CN1CCC(C(F)(F)c2ccc3cnc(Cl)cc3n2)CC1. The number of alkyl halides is 2. The highest BCUT2D eigenvalue weighted by Gasteiger charge is 2.43. The van der Waals surface area contributed by atoms with Gasteiger partial charge in [0.15, 0.2) is 0 Å². The summed E-state index contributed by atoms with van der Waals surface area (Å²) in [6.07, 6.45) is 2.52. The van der Waals surface area contributed by atoms with E-state index in [2.05, 4.69) is 14.9 Å². The van der Waals surface area contributed by atoms with Crippen molar-refractivity contribution < 1.29 is 8.78 Å². The molecule has 0 saturated carbocycles. The Morgan fingerprint density at radius 3 is 2.71 bits per heavy atom. The molecule has 3 nitrogen and oxygen atoms in total. The monoisotopic (exact) mass is 311 g/mol. The van der Waals surface area contributed by atoms with Crippen LogP contribution in [0.5, 0.6) is 0 Å². The van der Waals surface area contributed by atoms with Crippen molar-refractivity contribution in [2.45, 2.75) is 18.8 Å². The summed E-state index contributed by atoms with van der Waals surface area (Å²) in [6.45, 7) is 1.40. The molecule has 0 bridgehead atoms. The Kier molecular flexibility index (Phi) is 3.80. The summed E-state index contributed by atoms with van der Waals surface area (Å²) in [4.78, 5) is 10.1. The molecule has 1 saturated heterocycles. The van der Waals surface area contributed by atoms with E-state index in [1.807, 2.05) is 7.05 Å². The number of rotatable bonds is 2. The van der Waals surface area contributed by atoms with Gasteiger partial charge in [0.1, 0.15) is 10.8 Å². The van der Waals surface area contributed by atoms with E-state index in [9.17, 15) is 8.78 Å². The van der Waals surface area contributed by atoms with Crippen molar-refractivity contribution in [3.05, 3.63) is 35.2 Å². The fourth-order valence-corrected chi connectivity index (χ4v) is 2.91. The van der Waals surface area contributed by atoms with Gasteiger partial charge in [-0.05, 0) is 45.1 Å². The average molecular weight is 312 g/mol. The molecule has 3 heterocycles. The summed E-state index contributed by atoms with van der Waals surface area (Å²) in [5, 5.41) is 0.970. The van der Waals surface area contributed by atoms with E-state index >= 15 is 0 Å². The smallest absolute Gasteiger partial charge is 0.292 e. The number of hydrogen-bond donors (Lipinski definition) is 0. The van der Waals surface area contributed by atoms with Crippen LogP contribution >= 0.6 is 11.6 Å². The van der Waals surface area contributed by atoms with E-state index < -0.39 is 11.8 Å². The van der Waals surface area contributed by atoms with Crippen LogP contribution in [0.2, 0.25) is 5.15 Å². The van der Waals surface area contributed by atoms with Crippen molar-refractivity contribution in [1.82, 2.24) is 14.9 Å². The second-order valence-corrected chi connectivity index (χ2v) is 5.98. The summed E-state index contributed by atoms with van der Waals surface area (Å²) in [5.74, 6) is -3.57. The number of halogens is 3. The molecule has 0 spiro atoms. The quantitative estimate of drug-likeness (QED) is 0.792. The van der Waals surface area contributed by atoms with Gasteiger partial charge in [-0.15, -0.1) is 0 Å². The molecule has 1 aliphatic heterocycles. The molecule has 21 heavy (non-hydrogen) atoms. The largest absolute Gasteiger partial charge is 0.306 e. The average Bonchev–Trinajstić information content (AvgIpc) is 2.47. The molecule has 2 aromatic rings. The van der Waals surface area contributed by atoms with Gasteiger partial charge in [-0.2, -0.15) is 8.78 Å². The first-order valence-electron chi connectivity index (χ1n) is 6.96. The van der Waals surface area contributed by atoms with Gasteiger partial charge in [0.2, 0.25) is 0 Å². The maximum atomic E-state index is 14.7. The Bertz CT molecular complexity index is 654. The molecule has 1 aliphatic rings. The van der Waals surface area contributed by atoms with Gasteiger partial charge >= 0.3 is 0 Å². The first-order chi connectivity index (χ1) is 9.96. The molecule has 0 radical (unpaired) electrons. The van der Waals surface area contributed by atoms with Gasteiger partial charge in [0.25, 0.3) is 5.92 Å². The minimum absolute atomic E-state index is 0.174. The Hall–Kier alpha value is -1.33. The van der Waals surface area contributed by atoms with Gasteiger partial charge < -0.3 is 4.90 Å². The number of hydrogen-bond acceptors (Lipinski definition) is 3. The van der Waals surface area contributed by atoms with Crippen LogP contribution in [0.25, 0.3) is 10.9 Å². The normalized spacial score (nSPS) is 18.3. The molecule has 1 fully saturated rings. The van der Waals surface area contributed by atoms with Crippen LogP contribution in [0.1, 0.15) is 18.5 Å². The summed E-state index contributed by atoms with van der Waals surface area (Å²) in [6, 6.07) is 4.55. The zero-order valence-corrected chi connectivity index (χ0v) is 12.4. The van der Waals surface area contributed by atoms with Crippen LogP contribution in [0.4, 0.5) is 8.78 Å². The molecule has 0 amide bonds. The molecule has 6 heteroatoms. The highest BCUT2D eigenvalue weighted by Crippen LogP contribution is 2.40. The minimum atomic E-state index is -2.91. The molecule has 0 aliphatic carbocycles. The van der Waals surface area contributed by atoms with Crippen LogP contribution < -0.4 is 0 Å². The summed E-state index contributed by atoms with van der Waals surface area (Å²) < 4.78 is 29.3. The van der Waals surface area contributed by atoms with E-state index in [4.69, 9.17) is 11.6 Å². The van der Waals surface area contributed by atoms with Crippen molar-refractivity contribution in [3.63, 3.8) is 0 Å². The number of fused-ring (bicyclic) bond motifs is 1. The first kappa shape index (κ1) is 14.6. The maximum Gasteiger partial charge on any atom is 0.292 e. The molecule has 0 unspecified atom stereocenters. The highest BCUT2D eigenvalue weighted by atomic mass is 35.5. The van der Waals surface area contributed by atoms with Crippen LogP contribution in [-0.2, 0) is 5.92 Å². The zero-order valence-electron chi connectivity index (χ0n) is 11.7. The van der Waals surface area contributed by atoms with E-state index in [1.165, 1.54) is 12.1 Å². The van der Waals surface area contributed by atoms with Crippen LogP contribution in [0.15, 0.2) is 24.4 Å². The molecule has 112 valence electrons. The molecule has 0 atom stereocenters. The van der Waals surface area contributed by atoms with Gasteiger partial charge in [0, 0.05) is 23.6 Å². The van der Waals surface area contributed by atoms with Gasteiger partial charge in [-0.1, -0.05) is 11.6 Å². The first-order valence-corrected chi connectivity index (χ1v) is 7.34. The molecule has 3 rings (SSSR count). The Morgan fingerprint density at radius 1 is 1.29 bits per heavy atom. The van der Waals surface area contributed by atoms with Gasteiger partial charge in [-0.25, -0.2) is 9.97 Å². The minimum Gasteiger partial charge on any atom is -0.306 e. The molecule has 2 aromatic heterocycles. The van der Waals surface area contributed by atoms with E-state index in [1.54, 1.807) is 12.3 Å². The van der Waals surface area contributed by atoms with Crippen molar-refractivity contribution >= 4 is 22.5 Å². The van der Waals surface area contributed by atoms with Gasteiger partial charge in [-0.3, -0.25) is 0 Å². The van der Waals surface area contributed by atoms with E-state index in [-0.39, 0.29) is 10.8 Å². The molecule has 0 N–H and O–H groups in total. The Balaban J connectivity index is 1.94. The third-order valence-corrected chi connectivity index (χ3v) is 4.32. The lowest BCUT2D eigenvalue weighted by molar-refractivity contribution is -0.0869. The van der Waals surface area contributed by atoms with E-state index in [0.717, 1.165) is 0 Å². The Morgan fingerprint density at radius 2 is 2.00 bits per heavy atom. The maximum absolute atomic E-state index is 14.7. The van der Waals surface area contributed by atoms with Crippen molar-refractivity contribution in [2.24, 2.45) is 5.92 Å². The lowest BCUT2D eigenvalue weighted by Gasteiger charge is -2.33. The summed E-state index contributed by atoms with van der Waals surface area (Å²) in [5.41, 5.74) is 0.284. The lowest BCUT2D eigenvalue weighted by atomic mass is 9.88. The fraction of sp³-hybridized carbons (Fsp3) is 0.467. The molecule has 0 aromatic carbocycles. The number of likely N-dealkylation sites (tertiary alicyclic amines) is 1. The van der Waals surface area contributed by atoms with Gasteiger partial charge in [0.05, 0.1) is 5.52 Å². The summed E-state index contributed by atoms with van der Waals surface area (Å²) in [7, 11) is 1.96. The topological polar surface area (TPSA) is 29.0 Å². The van der Waals surface area contributed by atoms with Crippen LogP contribution in [-0.4, -0.2) is 35.0 Å². The summed E-state index contributed by atoms with van der Waals surface area (Å²) >= 11 is 5.81. The van der Waals surface area contributed by atoms with Crippen molar-refractivity contribution in [1.29, 1.82) is 0 Å². The third-order valence-electron chi connectivity index (χ3n) is 4.11. The zero-order chi connectivity index (χ0) is 15.0.